The van der Waals surface area contributed by atoms with Crippen LogP contribution in [-0.4, -0.2) is 17.3 Å². The SMILES string of the molecule is CC(C)C(C)(O)CNc1ccc(C#N)cc1. The van der Waals surface area contributed by atoms with Crippen molar-refractivity contribution in [3.8, 4) is 6.07 Å². The van der Waals surface area contributed by atoms with Gasteiger partial charge in [-0.15, -0.1) is 0 Å². The average Bonchev–Trinajstić information content (AvgIpc) is 2.27. The van der Waals surface area contributed by atoms with Gasteiger partial charge in [-0.3, -0.25) is 0 Å². The van der Waals surface area contributed by atoms with Crippen LogP contribution in [0.25, 0.3) is 0 Å². The van der Waals surface area contributed by atoms with Gasteiger partial charge in [0.05, 0.1) is 17.2 Å². The quantitative estimate of drug-likeness (QED) is 0.815. The van der Waals surface area contributed by atoms with Gasteiger partial charge < -0.3 is 10.4 Å². The normalized spacial score (nSPS) is 14.2. The molecule has 0 aliphatic rings. The topological polar surface area (TPSA) is 56.0 Å². The lowest BCUT2D eigenvalue weighted by Gasteiger charge is -2.28. The Morgan fingerprint density at radius 1 is 1.38 bits per heavy atom. The summed E-state index contributed by atoms with van der Waals surface area (Å²) in [6.45, 7) is 6.28. The van der Waals surface area contributed by atoms with Gasteiger partial charge in [0.2, 0.25) is 0 Å². The van der Waals surface area contributed by atoms with Crippen molar-refractivity contribution >= 4 is 5.69 Å². The molecule has 0 amide bonds. The number of nitrogens with one attached hydrogen (secondary N) is 1. The van der Waals surface area contributed by atoms with Crippen LogP contribution in [0.3, 0.4) is 0 Å². The van der Waals surface area contributed by atoms with Gasteiger partial charge in [0, 0.05) is 12.2 Å². The van der Waals surface area contributed by atoms with Crippen LogP contribution in [-0.2, 0) is 0 Å². The highest BCUT2D eigenvalue weighted by Gasteiger charge is 2.24. The van der Waals surface area contributed by atoms with Crippen LogP contribution in [0.15, 0.2) is 24.3 Å². The van der Waals surface area contributed by atoms with E-state index >= 15 is 0 Å². The number of nitrogens with zero attached hydrogens (tertiary/aromatic N) is 1. The minimum atomic E-state index is -0.728. The molecular formula is C13H18N2O. The van der Waals surface area contributed by atoms with Crippen molar-refractivity contribution in [2.24, 2.45) is 5.92 Å². The third-order valence-electron chi connectivity index (χ3n) is 2.91. The van der Waals surface area contributed by atoms with Gasteiger partial charge in [-0.1, -0.05) is 13.8 Å². The summed E-state index contributed by atoms with van der Waals surface area (Å²) in [5.41, 5.74) is 0.828. The summed E-state index contributed by atoms with van der Waals surface area (Å²) in [5.74, 6) is 0.193. The van der Waals surface area contributed by atoms with Crippen LogP contribution < -0.4 is 5.32 Å². The van der Waals surface area contributed by atoms with Crippen molar-refractivity contribution in [1.29, 1.82) is 5.26 Å². The molecule has 3 heteroatoms. The summed E-state index contributed by atoms with van der Waals surface area (Å²) in [6, 6.07) is 9.26. The summed E-state index contributed by atoms with van der Waals surface area (Å²) in [4.78, 5) is 0. The molecular weight excluding hydrogens is 200 g/mol. The van der Waals surface area contributed by atoms with E-state index < -0.39 is 5.60 Å². The van der Waals surface area contributed by atoms with E-state index in [-0.39, 0.29) is 5.92 Å². The van der Waals surface area contributed by atoms with Crippen molar-refractivity contribution in [2.45, 2.75) is 26.4 Å². The predicted octanol–water partition coefficient (Wildman–Crippen LogP) is 2.38. The Balaban J connectivity index is 2.59. The molecule has 3 nitrogen and oxygen atoms in total. The van der Waals surface area contributed by atoms with Gasteiger partial charge in [0.1, 0.15) is 0 Å². The molecule has 16 heavy (non-hydrogen) atoms. The molecule has 1 unspecified atom stereocenters. The fraction of sp³-hybridized carbons (Fsp3) is 0.462. The molecule has 0 spiro atoms. The summed E-state index contributed by atoms with van der Waals surface area (Å²) < 4.78 is 0. The van der Waals surface area contributed by atoms with Gasteiger partial charge in [-0.25, -0.2) is 0 Å². The van der Waals surface area contributed by atoms with Crippen molar-refractivity contribution in [3.63, 3.8) is 0 Å². The van der Waals surface area contributed by atoms with E-state index in [1.54, 1.807) is 12.1 Å². The van der Waals surface area contributed by atoms with Crippen LogP contribution in [0.2, 0.25) is 0 Å². The first-order valence-electron chi connectivity index (χ1n) is 5.42. The minimum absolute atomic E-state index is 0.193. The summed E-state index contributed by atoms with van der Waals surface area (Å²) in [5, 5.41) is 21.8. The molecule has 0 saturated heterocycles. The van der Waals surface area contributed by atoms with Crippen LogP contribution in [0, 0.1) is 17.2 Å². The molecule has 1 atom stereocenters. The molecule has 0 aromatic heterocycles. The number of hydrogen-bond acceptors (Lipinski definition) is 3. The second kappa shape index (κ2) is 5.00. The maximum atomic E-state index is 10.0. The molecule has 0 fully saturated rings. The molecule has 1 aromatic rings. The smallest absolute Gasteiger partial charge is 0.0991 e. The molecule has 86 valence electrons. The number of rotatable bonds is 4. The molecule has 0 aliphatic carbocycles. The molecule has 2 N–H and O–H groups in total. The highest BCUT2D eigenvalue weighted by atomic mass is 16.3. The van der Waals surface area contributed by atoms with Crippen LogP contribution >= 0.6 is 0 Å². The Morgan fingerprint density at radius 3 is 2.38 bits per heavy atom. The monoisotopic (exact) mass is 218 g/mol. The van der Waals surface area contributed by atoms with Crippen LogP contribution in [0.4, 0.5) is 5.69 Å². The van der Waals surface area contributed by atoms with Crippen molar-refractivity contribution in [3.05, 3.63) is 29.8 Å². The Kier molecular flexibility index (Phi) is 3.92. The minimum Gasteiger partial charge on any atom is -0.388 e. The first-order valence-corrected chi connectivity index (χ1v) is 5.42. The lowest BCUT2D eigenvalue weighted by Crippen LogP contribution is -2.38. The van der Waals surface area contributed by atoms with E-state index in [2.05, 4.69) is 11.4 Å². The van der Waals surface area contributed by atoms with Crippen molar-refractivity contribution < 1.29 is 5.11 Å². The van der Waals surface area contributed by atoms with Gasteiger partial charge in [-0.05, 0) is 37.1 Å². The number of hydrogen-bond donors (Lipinski definition) is 2. The van der Waals surface area contributed by atoms with Crippen molar-refractivity contribution in [2.75, 3.05) is 11.9 Å². The van der Waals surface area contributed by atoms with E-state index in [9.17, 15) is 5.11 Å². The Hall–Kier alpha value is -1.53. The maximum Gasteiger partial charge on any atom is 0.0991 e. The summed E-state index contributed by atoms with van der Waals surface area (Å²) in [7, 11) is 0. The second-order valence-electron chi connectivity index (χ2n) is 4.55. The zero-order valence-corrected chi connectivity index (χ0v) is 9.99. The summed E-state index contributed by atoms with van der Waals surface area (Å²) >= 11 is 0. The van der Waals surface area contributed by atoms with E-state index in [4.69, 9.17) is 5.26 Å². The Morgan fingerprint density at radius 2 is 1.94 bits per heavy atom. The number of anilines is 1. The van der Waals surface area contributed by atoms with Gasteiger partial charge in [-0.2, -0.15) is 5.26 Å². The number of aliphatic hydroxyl groups is 1. The zero-order valence-electron chi connectivity index (χ0n) is 9.99. The molecule has 0 bridgehead atoms. The lowest BCUT2D eigenvalue weighted by atomic mass is 9.92. The third-order valence-corrected chi connectivity index (χ3v) is 2.91. The van der Waals surface area contributed by atoms with E-state index in [1.165, 1.54) is 0 Å². The molecule has 1 rings (SSSR count). The Bertz CT molecular complexity index is 374. The van der Waals surface area contributed by atoms with E-state index in [0.717, 1.165) is 5.69 Å². The third kappa shape index (κ3) is 3.25. The highest BCUT2D eigenvalue weighted by Crippen LogP contribution is 2.17. The van der Waals surface area contributed by atoms with Gasteiger partial charge >= 0.3 is 0 Å². The number of benzene rings is 1. The van der Waals surface area contributed by atoms with Gasteiger partial charge in [0.25, 0.3) is 0 Å². The van der Waals surface area contributed by atoms with Crippen molar-refractivity contribution in [1.82, 2.24) is 0 Å². The second-order valence-corrected chi connectivity index (χ2v) is 4.55. The van der Waals surface area contributed by atoms with Crippen LogP contribution in [0.5, 0.6) is 0 Å². The van der Waals surface area contributed by atoms with E-state index in [0.29, 0.717) is 12.1 Å². The largest absolute Gasteiger partial charge is 0.388 e. The lowest BCUT2D eigenvalue weighted by molar-refractivity contribution is 0.0266. The Labute approximate surface area is 96.7 Å². The van der Waals surface area contributed by atoms with Gasteiger partial charge in [0.15, 0.2) is 0 Å². The zero-order chi connectivity index (χ0) is 12.2. The average molecular weight is 218 g/mol. The standard InChI is InChI=1S/C13H18N2O/c1-10(2)13(3,16)9-15-12-6-4-11(8-14)5-7-12/h4-7,10,15-16H,9H2,1-3H3. The highest BCUT2D eigenvalue weighted by molar-refractivity contribution is 5.47. The van der Waals surface area contributed by atoms with Crippen LogP contribution in [0.1, 0.15) is 26.3 Å². The molecule has 0 aliphatic heterocycles. The molecule has 0 saturated carbocycles. The maximum absolute atomic E-state index is 10.0. The first kappa shape index (κ1) is 12.5. The first-order chi connectivity index (χ1) is 7.45. The molecule has 1 aromatic carbocycles. The fourth-order valence-electron chi connectivity index (χ4n) is 1.15. The number of nitriles is 1. The van der Waals surface area contributed by atoms with E-state index in [1.807, 2.05) is 32.9 Å². The summed E-state index contributed by atoms with van der Waals surface area (Å²) in [6.07, 6.45) is 0. The fourth-order valence-corrected chi connectivity index (χ4v) is 1.15. The molecule has 0 radical (unpaired) electrons. The molecule has 0 heterocycles. The predicted molar refractivity (Wildman–Crippen MR) is 65.1 cm³/mol.